The SMILES string of the molecule is CCOc1ccc(C(=O)N(CCN)C(CC)CC)cc1. The van der Waals surface area contributed by atoms with E-state index in [0.29, 0.717) is 25.3 Å². The minimum absolute atomic E-state index is 0.0483. The van der Waals surface area contributed by atoms with Crippen molar-refractivity contribution < 1.29 is 9.53 Å². The first kappa shape index (κ1) is 16.5. The molecule has 0 heterocycles. The lowest BCUT2D eigenvalue weighted by molar-refractivity contribution is 0.0674. The van der Waals surface area contributed by atoms with Gasteiger partial charge in [0.25, 0.3) is 5.91 Å². The van der Waals surface area contributed by atoms with Gasteiger partial charge in [-0.2, -0.15) is 0 Å². The average molecular weight is 278 g/mol. The van der Waals surface area contributed by atoms with Crippen LogP contribution in [0.15, 0.2) is 24.3 Å². The molecule has 0 spiro atoms. The number of rotatable bonds is 8. The van der Waals surface area contributed by atoms with Gasteiger partial charge in [0.2, 0.25) is 0 Å². The number of nitrogens with two attached hydrogens (primary N) is 1. The Morgan fingerprint density at radius 3 is 2.25 bits per heavy atom. The van der Waals surface area contributed by atoms with Crippen LogP contribution in [0, 0.1) is 0 Å². The molecule has 0 fully saturated rings. The zero-order valence-corrected chi connectivity index (χ0v) is 12.8. The lowest BCUT2D eigenvalue weighted by Gasteiger charge is -2.30. The quantitative estimate of drug-likeness (QED) is 0.795. The van der Waals surface area contributed by atoms with Gasteiger partial charge < -0.3 is 15.4 Å². The van der Waals surface area contributed by atoms with Crippen LogP contribution in [-0.2, 0) is 0 Å². The lowest BCUT2D eigenvalue weighted by atomic mass is 10.1. The van der Waals surface area contributed by atoms with Gasteiger partial charge in [0.15, 0.2) is 0 Å². The molecule has 1 aromatic carbocycles. The van der Waals surface area contributed by atoms with Crippen LogP contribution in [0.2, 0.25) is 0 Å². The minimum atomic E-state index is 0.0483. The number of carbonyl (C=O) groups is 1. The summed E-state index contributed by atoms with van der Waals surface area (Å²) in [5.41, 5.74) is 6.33. The normalized spacial score (nSPS) is 10.7. The van der Waals surface area contributed by atoms with E-state index in [1.54, 1.807) is 0 Å². The monoisotopic (exact) mass is 278 g/mol. The van der Waals surface area contributed by atoms with E-state index in [-0.39, 0.29) is 11.9 Å². The van der Waals surface area contributed by atoms with Crippen molar-refractivity contribution >= 4 is 5.91 Å². The Morgan fingerprint density at radius 1 is 1.20 bits per heavy atom. The molecular formula is C16H26N2O2. The highest BCUT2D eigenvalue weighted by Crippen LogP contribution is 2.16. The van der Waals surface area contributed by atoms with Crippen LogP contribution in [0.4, 0.5) is 0 Å². The Labute approximate surface area is 121 Å². The maximum absolute atomic E-state index is 12.6. The van der Waals surface area contributed by atoms with Crippen molar-refractivity contribution in [2.24, 2.45) is 5.73 Å². The number of amides is 1. The Kier molecular flexibility index (Phi) is 7.09. The van der Waals surface area contributed by atoms with Gasteiger partial charge in [0.05, 0.1) is 6.61 Å². The van der Waals surface area contributed by atoms with Crippen molar-refractivity contribution in [3.63, 3.8) is 0 Å². The highest BCUT2D eigenvalue weighted by molar-refractivity contribution is 5.94. The summed E-state index contributed by atoms with van der Waals surface area (Å²) in [5, 5.41) is 0. The van der Waals surface area contributed by atoms with Crippen LogP contribution in [-0.4, -0.2) is 36.5 Å². The molecular weight excluding hydrogens is 252 g/mol. The van der Waals surface area contributed by atoms with Gasteiger partial charge in [-0.1, -0.05) is 13.8 Å². The van der Waals surface area contributed by atoms with Gasteiger partial charge >= 0.3 is 0 Å². The standard InChI is InChI=1S/C16H26N2O2/c1-4-14(5-2)18(12-11-17)16(19)13-7-9-15(10-8-13)20-6-3/h7-10,14H,4-6,11-12,17H2,1-3H3. The summed E-state index contributed by atoms with van der Waals surface area (Å²) in [6.45, 7) is 7.85. The number of hydrogen-bond donors (Lipinski definition) is 1. The average Bonchev–Trinajstić information content (AvgIpc) is 2.48. The molecule has 0 aliphatic carbocycles. The highest BCUT2D eigenvalue weighted by Gasteiger charge is 2.21. The maximum Gasteiger partial charge on any atom is 0.254 e. The van der Waals surface area contributed by atoms with Crippen LogP contribution in [0.1, 0.15) is 44.0 Å². The summed E-state index contributed by atoms with van der Waals surface area (Å²) in [6, 6.07) is 7.56. The Morgan fingerprint density at radius 2 is 1.80 bits per heavy atom. The molecule has 1 rings (SSSR count). The molecule has 0 aliphatic rings. The van der Waals surface area contributed by atoms with Gasteiger partial charge in [-0.25, -0.2) is 0 Å². The van der Waals surface area contributed by atoms with E-state index < -0.39 is 0 Å². The molecule has 0 saturated heterocycles. The van der Waals surface area contributed by atoms with Crippen molar-refractivity contribution in [2.45, 2.75) is 39.7 Å². The zero-order valence-electron chi connectivity index (χ0n) is 12.8. The molecule has 0 atom stereocenters. The van der Waals surface area contributed by atoms with E-state index in [1.807, 2.05) is 36.1 Å². The molecule has 0 radical (unpaired) electrons. The second-order valence-electron chi connectivity index (χ2n) is 4.71. The van der Waals surface area contributed by atoms with Crippen molar-refractivity contribution in [3.05, 3.63) is 29.8 Å². The Balaban J connectivity index is 2.87. The largest absolute Gasteiger partial charge is 0.494 e. The fraction of sp³-hybridized carbons (Fsp3) is 0.562. The fourth-order valence-corrected chi connectivity index (χ4v) is 2.34. The Bertz CT molecular complexity index is 399. The zero-order chi connectivity index (χ0) is 15.0. The van der Waals surface area contributed by atoms with Gasteiger partial charge in [0, 0.05) is 24.7 Å². The second kappa shape index (κ2) is 8.59. The van der Waals surface area contributed by atoms with Gasteiger partial charge in [-0.3, -0.25) is 4.79 Å². The van der Waals surface area contributed by atoms with E-state index in [4.69, 9.17) is 10.5 Å². The Hall–Kier alpha value is -1.55. The summed E-state index contributed by atoms with van der Waals surface area (Å²) in [6.07, 6.45) is 1.89. The lowest BCUT2D eigenvalue weighted by Crippen LogP contribution is -2.42. The fourth-order valence-electron chi connectivity index (χ4n) is 2.34. The van der Waals surface area contributed by atoms with Crippen molar-refractivity contribution in [3.8, 4) is 5.75 Å². The van der Waals surface area contributed by atoms with Crippen LogP contribution in [0.3, 0.4) is 0 Å². The third-order valence-corrected chi connectivity index (χ3v) is 3.43. The van der Waals surface area contributed by atoms with Crippen LogP contribution >= 0.6 is 0 Å². The van der Waals surface area contributed by atoms with E-state index >= 15 is 0 Å². The molecule has 0 unspecified atom stereocenters. The van der Waals surface area contributed by atoms with E-state index in [1.165, 1.54) is 0 Å². The molecule has 1 aromatic rings. The van der Waals surface area contributed by atoms with Crippen LogP contribution < -0.4 is 10.5 Å². The first-order chi connectivity index (χ1) is 9.67. The van der Waals surface area contributed by atoms with Gasteiger partial charge in [-0.05, 0) is 44.0 Å². The highest BCUT2D eigenvalue weighted by atomic mass is 16.5. The third kappa shape index (κ3) is 4.23. The van der Waals surface area contributed by atoms with Crippen LogP contribution in [0.5, 0.6) is 5.75 Å². The molecule has 112 valence electrons. The van der Waals surface area contributed by atoms with Crippen molar-refractivity contribution in [1.29, 1.82) is 0 Å². The first-order valence-electron chi connectivity index (χ1n) is 7.41. The maximum atomic E-state index is 12.6. The summed E-state index contributed by atoms with van der Waals surface area (Å²) in [7, 11) is 0. The molecule has 1 amide bonds. The molecule has 0 aliphatic heterocycles. The predicted molar refractivity (Wildman–Crippen MR) is 82.1 cm³/mol. The number of carbonyl (C=O) groups excluding carboxylic acids is 1. The molecule has 0 aromatic heterocycles. The minimum Gasteiger partial charge on any atom is -0.494 e. The van der Waals surface area contributed by atoms with Crippen LogP contribution in [0.25, 0.3) is 0 Å². The number of ether oxygens (including phenoxy) is 1. The van der Waals surface area contributed by atoms with Crippen molar-refractivity contribution in [1.82, 2.24) is 4.90 Å². The number of hydrogen-bond acceptors (Lipinski definition) is 3. The number of nitrogens with zero attached hydrogens (tertiary/aromatic N) is 1. The first-order valence-corrected chi connectivity index (χ1v) is 7.41. The van der Waals surface area contributed by atoms with Gasteiger partial charge in [-0.15, -0.1) is 0 Å². The summed E-state index contributed by atoms with van der Waals surface area (Å²) >= 11 is 0. The molecule has 2 N–H and O–H groups in total. The third-order valence-electron chi connectivity index (χ3n) is 3.43. The summed E-state index contributed by atoms with van der Waals surface area (Å²) in [4.78, 5) is 14.5. The summed E-state index contributed by atoms with van der Waals surface area (Å²) < 4.78 is 5.39. The molecule has 20 heavy (non-hydrogen) atoms. The molecule has 4 nitrogen and oxygen atoms in total. The van der Waals surface area contributed by atoms with Gasteiger partial charge in [0.1, 0.15) is 5.75 Å². The molecule has 0 bridgehead atoms. The topological polar surface area (TPSA) is 55.6 Å². The summed E-state index contributed by atoms with van der Waals surface area (Å²) in [5.74, 6) is 0.837. The molecule has 0 saturated carbocycles. The van der Waals surface area contributed by atoms with E-state index in [9.17, 15) is 4.79 Å². The molecule has 4 heteroatoms. The predicted octanol–water partition coefficient (Wildman–Crippen LogP) is 2.67. The number of benzene rings is 1. The van der Waals surface area contributed by atoms with Crippen molar-refractivity contribution in [2.75, 3.05) is 19.7 Å². The second-order valence-corrected chi connectivity index (χ2v) is 4.71. The van der Waals surface area contributed by atoms with E-state index in [0.717, 1.165) is 18.6 Å². The smallest absolute Gasteiger partial charge is 0.254 e. The van der Waals surface area contributed by atoms with E-state index in [2.05, 4.69) is 13.8 Å².